The summed E-state index contributed by atoms with van der Waals surface area (Å²) in [5, 5.41) is 0. The molecule has 0 unspecified atom stereocenters. The van der Waals surface area contributed by atoms with E-state index in [1.54, 1.807) is 12.7 Å². The van der Waals surface area contributed by atoms with Gasteiger partial charge in [0, 0.05) is 49.7 Å². The van der Waals surface area contributed by atoms with Crippen LogP contribution < -0.4 is 9.80 Å². The Balaban J connectivity index is 1.38. The summed E-state index contributed by atoms with van der Waals surface area (Å²) >= 11 is 0. The van der Waals surface area contributed by atoms with E-state index in [-0.39, 0.29) is 0 Å². The lowest BCUT2D eigenvalue weighted by Gasteiger charge is -2.40. The van der Waals surface area contributed by atoms with Crippen LogP contribution in [0.4, 0.5) is 11.6 Å². The Morgan fingerprint density at radius 2 is 1.61 bits per heavy atom. The Kier molecular flexibility index (Phi) is 4.18. The van der Waals surface area contributed by atoms with E-state index in [9.17, 15) is 0 Å². The van der Waals surface area contributed by atoms with E-state index in [2.05, 4.69) is 60.4 Å². The summed E-state index contributed by atoms with van der Waals surface area (Å²) < 4.78 is 2.21. The number of rotatable bonds is 4. The van der Waals surface area contributed by atoms with Crippen molar-refractivity contribution in [3.8, 4) is 0 Å². The second-order valence-corrected chi connectivity index (χ2v) is 8.15. The van der Waals surface area contributed by atoms with Crippen molar-refractivity contribution in [2.24, 2.45) is 7.05 Å². The summed E-state index contributed by atoms with van der Waals surface area (Å²) in [6.07, 6.45) is 8.19. The van der Waals surface area contributed by atoms with Crippen LogP contribution in [0.25, 0.3) is 11.0 Å². The quantitative estimate of drug-likeness (QED) is 0.696. The first-order valence-corrected chi connectivity index (χ1v) is 10.2. The molecule has 1 aliphatic heterocycles. The number of hydrogen-bond acceptors (Lipinski definition) is 6. The number of aromatic nitrogens is 5. The van der Waals surface area contributed by atoms with Crippen molar-refractivity contribution in [1.82, 2.24) is 24.5 Å². The molecule has 1 aliphatic carbocycles. The first kappa shape index (κ1) is 17.4. The fourth-order valence-electron chi connectivity index (χ4n) is 4.47. The minimum Gasteiger partial charge on any atom is -0.355 e. The maximum absolute atomic E-state index is 4.65. The molecule has 5 rings (SSSR count). The largest absolute Gasteiger partial charge is 0.355 e. The molecule has 3 aromatic heterocycles. The molecule has 146 valence electrons. The Morgan fingerprint density at radius 1 is 0.893 bits per heavy atom. The molecule has 28 heavy (non-hydrogen) atoms. The average Bonchev–Trinajstić information content (AvgIpc) is 3.48. The van der Waals surface area contributed by atoms with Gasteiger partial charge in [0.15, 0.2) is 5.82 Å². The smallest absolute Gasteiger partial charge is 0.156 e. The number of piperidine rings is 1. The lowest BCUT2D eigenvalue weighted by atomic mass is 10.0. The van der Waals surface area contributed by atoms with Crippen LogP contribution in [0.1, 0.15) is 37.1 Å². The minimum atomic E-state index is 0.533. The van der Waals surface area contributed by atoms with Crippen molar-refractivity contribution in [3.63, 3.8) is 0 Å². The highest BCUT2D eigenvalue weighted by Gasteiger charge is 2.37. The molecule has 0 bridgehead atoms. The molecule has 0 aromatic carbocycles. The molecule has 0 amide bonds. The Hall–Kier alpha value is -2.70. The molecule has 7 heteroatoms. The van der Waals surface area contributed by atoms with Gasteiger partial charge < -0.3 is 14.4 Å². The topological polar surface area (TPSA) is 63.0 Å². The van der Waals surface area contributed by atoms with E-state index < -0.39 is 0 Å². The molecular weight excluding hydrogens is 350 g/mol. The predicted molar refractivity (Wildman–Crippen MR) is 111 cm³/mol. The van der Waals surface area contributed by atoms with Gasteiger partial charge in [-0.25, -0.2) is 19.9 Å². The minimum absolute atomic E-state index is 0.533. The summed E-state index contributed by atoms with van der Waals surface area (Å²) in [4.78, 5) is 23.0. The second-order valence-electron chi connectivity index (χ2n) is 8.15. The number of hydrogen-bond donors (Lipinski definition) is 0. The molecule has 1 saturated carbocycles. The highest BCUT2D eigenvalue weighted by molar-refractivity contribution is 5.87. The van der Waals surface area contributed by atoms with Crippen LogP contribution in [0.2, 0.25) is 0 Å². The van der Waals surface area contributed by atoms with Gasteiger partial charge in [-0.3, -0.25) is 0 Å². The zero-order valence-electron chi connectivity index (χ0n) is 16.8. The summed E-state index contributed by atoms with van der Waals surface area (Å²) in [6, 6.07) is 5.45. The molecule has 1 saturated heterocycles. The normalized spacial score (nSPS) is 18.0. The third-order valence-electron chi connectivity index (χ3n) is 6.19. The standard InChI is InChI=1S/C21H27N7/c1-14-10-19(24-12-22-14)28(16-4-5-16)17-6-8-27(9-7-17)21-20-18(23-13-25-21)11-15(2)26(20)3/h10-13,16-17H,4-9H2,1-3H3. The molecule has 0 radical (unpaired) electrons. The van der Waals surface area contributed by atoms with Crippen LogP contribution in [0.5, 0.6) is 0 Å². The van der Waals surface area contributed by atoms with Crippen molar-refractivity contribution < 1.29 is 0 Å². The van der Waals surface area contributed by atoms with Crippen molar-refractivity contribution >= 4 is 22.7 Å². The van der Waals surface area contributed by atoms with Gasteiger partial charge in [0.2, 0.25) is 0 Å². The Labute approximate surface area is 165 Å². The summed E-state index contributed by atoms with van der Waals surface area (Å²) in [5.41, 5.74) is 4.42. The van der Waals surface area contributed by atoms with Gasteiger partial charge in [0.1, 0.15) is 24.0 Å². The highest BCUT2D eigenvalue weighted by atomic mass is 15.3. The Morgan fingerprint density at radius 3 is 2.32 bits per heavy atom. The number of anilines is 2. The third kappa shape index (κ3) is 2.99. The average molecular weight is 377 g/mol. The van der Waals surface area contributed by atoms with Crippen LogP contribution in [0.15, 0.2) is 24.8 Å². The van der Waals surface area contributed by atoms with E-state index in [1.807, 2.05) is 6.92 Å². The van der Waals surface area contributed by atoms with Gasteiger partial charge in [0.05, 0.1) is 5.52 Å². The zero-order valence-corrected chi connectivity index (χ0v) is 16.8. The van der Waals surface area contributed by atoms with Gasteiger partial charge in [0.25, 0.3) is 0 Å². The van der Waals surface area contributed by atoms with Gasteiger partial charge in [-0.05, 0) is 45.6 Å². The molecular formula is C21H27N7. The zero-order chi connectivity index (χ0) is 19.3. The maximum atomic E-state index is 4.65. The lowest BCUT2D eigenvalue weighted by molar-refractivity contribution is 0.457. The Bertz CT molecular complexity index is 999. The van der Waals surface area contributed by atoms with Gasteiger partial charge in [-0.2, -0.15) is 0 Å². The fourth-order valence-corrected chi connectivity index (χ4v) is 4.47. The molecule has 7 nitrogen and oxygen atoms in total. The van der Waals surface area contributed by atoms with Crippen LogP contribution in [-0.2, 0) is 7.05 Å². The van der Waals surface area contributed by atoms with Gasteiger partial charge in [-0.15, -0.1) is 0 Å². The third-order valence-corrected chi connectivity index (χ3v) is 6.19. The van der Waals surface area contributed by atoms with Crippen molar-refractivity contribution in [2.45, 2.75) is 51.6 Å². The van der Waals surface area contributed by atoms with Crippen LogP contribution in [0.3, 0.4) is 0 Å². The molecule has 3 aromatic rings. The highest BCUT2D eigenvalue weighted by Crippen LogP contribution is 2.36. The van der Waals surface area contributed by atoms with Crippen molar-refractivity contribution in [1.29, 1.82) is 0 Å². The van der Waals surface area contributed by atoms with E-state index in [0.717, 1.165) is 54.3 Å². The SMILES string of the molecule is Cc1cc(N(C2CC2)C2CCN(c3ncnc4cc(C)n(C)c34)CC2)ncn1. The van der Waals surface area contributed by atoms with Crippen LogP contribution >= 0.6 is 0 Å². The van der Waals surface area contributed by atoms with Crippen molar-refractivity contribution in [3.05, 3.63) is 36.2 Å². The number of aryl methyl sites for hydroxylation is 3. The molecule has 4 heterocycles. The monoisotopic (exact) mass is 377 g/mol. The number of fused-ring (bicyclic) bond motifs is 1. The van der Waals surface area contributed by atoms with E-state index in [4.69, 9.17) is 0 Å². The molecule has 2 aliphatic rings. The summed E-state index contributed by atoms with van der Waals surface area (Å²) in [5.74, 6) is 2.16. The van der Waals surface area contributed by atoms with Crippen LogP contribution in [0, 0.1) is 13.8 Å². The maximum Gasteiger partial charge on any atom is 0.156 e. The van der Waals surface area contributed by atoms with E-state index in [1.165, 1.54) is 18.5 Å². The summed E-state index contributed by atoms with van der Waals surface area (Å²) in [7, 11) is 2.10. The second kappa shape index (κ2) is 6.72. The lowest BCUT2D eigenvalue weighted by Crippen LogP contribution is -2.46. The molecule has 0 spiro atoms. The predicted octanol–water partition coefficient (Wildman–Crippen LogP) is 3.01. The van der Waals surface area contributed by atoms with E-state index in [0.29, 0.717) is 12.1 Å². The molecule has 2 fully saturated rings. The van der Waals surface area contributed by atoms with E-state index >= 15 is 0 Å². The van der Waals surface area contributed by atoms with Gasteiger partial charge in [-0.1, -0.05) is 0 Å². The van der Waals surface area contributed by atoms with Gasteiger partial charge >= 0.3 is 0 Å². The fraction of sp³-hybridized carbons (Fsp3) is 0.524. The van der Waals surface area contributed by atoms with Crippen LogP contribution in [-0.4, -0.2) is 49.7 Å². The molecule has 0 atom stereocenters. The molecule has 0 N–H and O–H groups in total. The summed E-state index contributed by atoms with van der Waals surface area (Å²) in [6.45, 7) is 6.18. The first-order chi connectivity index (χ1) is 13.6. The number of nitrogens with zero attached hydrogens (tertiary/aromatic N) is 7. The van der Waals surface area contributed by atoms with Crippen molar-refractivity contribution in [2.75, 3.05) is 22.9 Å². The first-order valence-electron chi connectivity index (χ1n) is 10.2.